The smallest absolute Gasteiger partial charge is 0.306 e. The van der Waals surface area contributed by atoms with Crippen molar-refractivity contribution in [3.05, 3.63) is 36.5 Å². The van der Waals surface area contributed by atoms with Crippen LogP contribution in [-0.2, 0) is 28.6 Å². The summed E-state index contributed by atoms with van der Waals surface area (Å²) in [5.74, 6) is -0.890. The number of hydrogen-bond acceptors (Lipinski definition) is 6. The minimum Gasteiger partial charge on any atom is -0.462 e. The topological polar surface area (TPSA) is 78.9 Å². The third kappa shape index (κ3) is 54.4. The van der Waals surface area contributed by atoms with Crippen molar-refractivity contribution in [3.8, 4) is 0 Å². The van der Waals surface area contributed by atoms with Gasteiger partial charge in [-0.15, -0.1) is 0 Å². The Labute approximate surface area is 416 Å². The summed E-state index contributed by atoms with van der Waals surface area (Å²) in [4.78, 5) is 37.7. The summed E-state index contributed by atoms with van der Waals surface area (Å²) in [7, 11) is 0. The van der Waals surface area contributed by atoms with Crippen molar-refractivity contribution in [1.29, 1.82) is 0 Å². The molecule has 67 heavy (non-hydrogen) atoms. The number of ether oxygens (including phenoxy) is 3. The molecule has 1 atom stereocenters. The Kier molecular flexibility index (Phi) is 54.2. The summed E-state index contributed by atoms with van der Waals surface area (Å²) in [6.07, 6.45) is 67.7. The fourth-order valence-electron chi connectivity index (χ4n) is 8.65. The van der Waals surface area contributed by atoms with Gasteiger partial charge in [-0.25, -0.2) is 0 Å². The van der Waals surface area contributed by atoms with Crippen molar-refractivity contribution in [3.63, 3.8) is 0 Å². The van der Waals surface area contributed by atoms with Crippen LogP contribution in [0.1, 0.15) is 316 Å². The van der Waals surface area contributed by atoms with E-state index in [0.717, 1.165) is 89.9 Å². The number of rotatable bonds is 54. The second-order valence-corrected chi connectivity index (χ2v) is 19.9. The molecule has 0 radical (unpaired) electrons. The number of esters is 3. The van der Waals surface area contributed by atoms with Gasteiger partial charge in [-0.05, 0) is 77.0 Å². The maximum Gasteiger partial charge on any atom is 0.306 e. The van der Waals surface area contributed by atoms with E-state index in [9.17, 15) is 14.4 Å². The monoisotopic (exact) mass is 941 g/mol. The van der Waals surface area contributed by atoms with Crippen LogP contribution in [0.5, 0.6) is 0 Å². The van der Waals surface area contributed by atoms with E-state index in [2.05, 4.69) is 57.2 Å². The van der Waals surface area contributed by atoms with Gasteiger partial charge >= 0.3 is 17.9 Å². The molecule has 392 valence electrons. The Balaban J connectivity index is 3.96. The zero-order valence-corrected chi connectivity index (χ0v) is 44.9. The van der Waals surface area contributed by atoms with Crippen molar-refractivity contribution >= 4 is 17.9 Å². The lowest BCUT2D eigenvalue weighted by Gasteiger charge is -2.18. The molecule has 0 fully saturated rings. The first-order valence-electron chi connectivity index (χ1n) is 29.5. The second kappa shape index (κ2) is 56.2. The highest BCUT2D eigenvalue weighted by Crippen LogP contribution is 2.17. The largest absolute Gasteiger partial charge is 0.462 e. The average molecular weight is 942 g/mol. The van der Waals surface area contributed by atoms with Gasteiger partial charge in [0.2, 0.25) is 0 Å². The first-order valence-corrected chi connectivity index (χ1v) is 29.5. The lowest BCUT2D eigenvalue weighted by Crippen LogP contribution is -2.30. The SMILES string of the molecule is CCCCC/C=C\C/C=C\CCCCCCCC(=O)OC(COC(=O)CCCCCCC)COC(=O)CCCCCCCCCCCCCCCCCCC/C=C\CCCCCCCCCC. The van der Waals surface area contributed by atoms with Crippen LogP contribution >= 0.6 is 0 Å². The lowest BCUT2D eigenvalue weighted by molar-refractivity contribution is -0.167. The molecule has 0 aromatic heterocycles. The maximum atomic E-state index is 12.7. The quantitative estimate of drug-likeness (QED) is 0.0262. The Morgan fingerprint density at radius 3 is 0.866 bits per heavy atom. The highest BCUT2D eigenvalue weighted by molar-refractivity contribution is 5.71. The van der Waals surface area contributed by atoms with Gasteiger partial charge in [0.1, 0.15) is 13.2 Å². The van der Waals surface area contributed by atoms with Crippen LogP contribution in [0.25, 0.3) is 0 Å². The Morgan fingerprint density at radius 2 is 0.537 bits per heavy atom. The minimum absolute atomic E-state index is 0.0751. The molecule has 0 saturated heterocycles. The van der Waals surface area contributed by atoms with Gasteiger partial charge in [0.05, 0.1) is 0 Å². The molecule has 0 aliphatic rings. The molecule has 0 spiro atoms. The molecule has 0 aliphatic heterocycles. The van der Waals surface area contributed by atoms with Gasteiger partial charge in [0.15, 0.2) is 6.10 Å². The standard InChI is InChI=1S/C61H112O6/c1-4-7-10-13-15-17-19-21-23-24-25-26-27-28-29-30-31-32-33-34-35-36-38-39-41-43-45-48-51-54-60(63)66-57-58(56-65-59(62)53-50-47-12-9-6-3)67-61(64)55-52-49-46-44-42-40-37-22-20-18-16-14-11-8-5-2/h16,18,22,24-25,37,58H,4-15,17,19-21,23,26-36,38-57H2,1-3H3/b18-16-,25-24-,37-22-. The van der Waals surface area contributed by atoms with Gasteiger partial charge in [-0.3, -0.25) is 14.4 Å². The number of carbonyl (C=O) groups is 3. The Morgan fingerprint density at radius 1 is 0.299 bits per heavy atom. The maximum absolute atomic E-state index is 12.7. The van der Waals surface area contributed by atoms with Crippen molar-refractivity contribution in [2.24, 2.45) is 0 Å². The van der Waals surface area contributed by atoms with Crippen LogP contribution in [0.2, 0.25) is 0 Å². The van der Waals surface area contributed by atoms with Crippen molar-refractivity contribution < 1.29 is 28.6 Å². The number of hydrogen-bond donors (Lipinski definition) is 0. The van der Waals surface area contributed by atoms with E-state index in [1.807, 2.05) is 0 Å². The van der Waals surface area contributed by atoms with Gasteiger partial charge in [-0.1, -0.05) is 256 Å². The Hall–Kier alpha value is -2.37. The summed E-state index contributed by atoms with van der Waals surface area (Å²) >= 11 is 0. The zero-order chi connectivity index (χ0) is 48.6. The predicted molar refractivity (Wildman–Crippen MR) is 289 cm³/mol. The summed E-state index contributed by atoms with van der Waals surface area (Å²) in [5, 5.41) is 0. The fourth-order valence-corrected chi connectivity index (χ4v) is 8.65. The molecule has 0 bridgehead atoms. The third-order valence-corrected chi connectivity index (χ3v) is 13.1. The molecule has 6 heteroatoms. The van der Waals surface area contributed by atoms with Crippen LogP contribution in [0.4, 0.5) is 0 Å². The second-order valence-electron chi connectivity index (χ2n) is 19.9. The normalized spacial score (nSPS) is 12.2. The first kappa shape index (κ1) is 64.6. The minimum atomic E-state index is -0.773. The van der Waals surface area contributed by atoms with Crippen LogP contribution in [0.3, 0.4) is 0 Å². The van der Waals surface area contributed by atoms with E-state index in [-0.39, 0.29) is 31.1 Å². The fraction of sp³-hybridized carbons (Fsp3) is 0.852. The molecule has 0 N–H and O–H groups in total. The van der Waals surface area contributed by atoms with E-state index in [1.54, 1.807) is 0 Å². The van der Waals surface area contributed by atoms with Gasteiger partial charge in [0, 0.05) is 19.3 Å². The van der Waals surface area contributed by atoms with Gasteiger partial charge in [0.25, 0.3) is 0 Å². The summed E-state index contributed by atoms with van der Waals surface area (Å²) < 4.78 is 16.7. The molecule has 6 nitrogen and oxygen atoms in total. The molecule has 0 aromatic carbocycles. The molecule has 1 unspecified atom stereocenters. The molecule has 0 saturated carbocycles. The number of allylic oxidation sites excluding steroid dienone is 6. The lowest BCUT2D eigenvalue weighted by atomic mass is 10.0. The highest BCUT2D eigenvalue weighted by Gasteiger charge is 2.19. The number of unbranched alkanes of at least 4 members (excludes halogenated alkanes) is 37. The third-order valence-electron chi connectivity index (χ3n) is 13.1. The summed E-state index contributed by atoms with van der Waals surface area (Å²) in [5.41, 5.74) is 0. The van der Waals surface area contributed by atoms with E-state index in [1.165, 1.54) is 186 Å². The Bertz CT molecular complexity index is 1130. The zero-order valence-electron chi connectivity index (χ0n) is 44.9. The van der Waals surface area contributed by atoms with Crippen molar-refractivity contribution in [2.45, 2.75) is 322 Å². The highest BCUT2D eigenvalue weighted by atomic mass is 16.6. The molecular weight excluding hydrogens is 829 g/mol. The van der Waals surface area contributed by atoms with Crippen LogP contribution in [-0.4, -0.2) is 37.2 Å². The summed E-state index contributed by atoms with van der Waals surface area (Å²) in [6, 6.07) is 0. The van der Waals surface area contributed by atoms with Gasteiger partial charge < -0.3 is 14.2 Å². The van der Waals surface area contributed by atoms with Crippen LogP contribution < -0.4 is 0 Å². The van der Waals surface area contributed by atoms with E-state index in [0.29, 0.717) is 19.3 Å². The molecule has 0 aromatic rings. The van der Waals surface area contributed by atoms with E-state index >= 15 is 0 Å². The molecule has 0 heterocycles. The average Bonchev–Trinajstić information content (AvgIpc) is 3.33. The van der Waals surface area contributed by atoms with Crippen LogP contribution in [0.15, 0.2) is 36.5 Å². The van der Waals surface area contributed by atoms with Crippen LogP contribution in [0, 0.1) is 0 Å². The predicted octanol–water partition coefficient (Wildman–Crippen LogP) is 19.7. The van der Waals surface area contributed by atoms with Gasteiger partial charge in [-0.2, -0.15) is 0 Å². The molecule has 0 rings (SSSR count). The summed E-state index contributed by atoms with van der Waals surface area (Å²) in [6.45, 7) is 6.55. The van der Waals surface area contributed by atoms with E-state index < -0.39 is 6.10 Å². The number of carbonyl (C=O) groups excluding carboxylic acids is 3. The molecular formula is C61H112O6. The van der Waals surface area contributed by atoms with Crippen molar-refractivity contribution in [2.75, 3.05) is 13.2 Å². The molecule has 0 aliphatic carbocycles. The molecule has 0 amide bonds. The van der Waals surface area contributed by atoms with E-state index in [4.69, 9.17) is 14.2 Å². The first-order chi connectivity index (χ1) is 33.0. The van der Waals surface area contributed by atoms with Crippen molar-refractivity contribution in [1.82, 2.24) is 0 Å².